The Hall–Kier alpha value is -3.73. The number of benzene rings is 2. The van der Waals surface area contributed by atoms with Gasteiger partial charge in [-0.1, -0.05) is 18.2 Å². The van der Waals surface area contributed by atoms with Crippen molar-refractivity contribution in [3.63, 3.8) is 0 Å². The number of hydrogen-bond donors (Lipinski definition) is 1. The number of carbonyl (C=O) groups is 2. The van der Waals surface area contributed by atoms with Gasteiger partial charge in [-0.15, -0.1) is 0 Å². The third kappa shape index (κ3) is 4.42. The summed E-state index contributed by atoms with van der Waals surface area (Å²) in [4.78, 5) is 34.9. The van der Waals surface area contributed by atoms with Gasteiger partial charge < -0.3 is 10.1 Å². The summed E-state index contributed by atoms with van der Waals surface area (Å²) in [7, 11) is 1.17. The van der Waals surface area contributed by atoms with Crippen LogP contribution < -0.4 is 5.32 Å². The number of nitro groups is 1. The summed E-state index contributed by atoms with van der Waals surface area (Å²) in [6, 6.07) is 12.7. The van der Waals surface area contributed by atoms with Crippen molar-refractivity contribution in [3.8, 4) is 6.07 Å². The van der Waals surface area contributed by atoms with Crippen molar-refractivity contribution in [2.24, 2.45) is 0 Å². The first-order valence-corrected chi connectivity index (χ1v) is 7.57. The summed E-state index contributed by atoms with van der Waals surface area (Å²) >= 11 is 0. The summed E-state index contributed by atoms with van der Waals surface area (Å²) in [5, 5.41) is 22.4. The van der Waals surface area contributed by atoms with Gasteiger partial charge >= 0.3 is 5.97 Å². The van der Waals surface area contributed by atoms with E-state index in [1.165, 1.54) is 49.6 Å². The van der Waals surface area contributed by atoms with E-state index in [9.17, 15) is 19.7 Å². The van der Waals surface area contributed by atoms with Crippen molar-refractivity contribution in [2.45, 2.75) is 12.5 Å². The third-order valence-corrected chi connectivity index (χ3v) is 3.68. The first-order valence-electron chi connectivity index (χ1n) is 7.57. The number of nitriles is 1. The fraction of sp³-hybridized carbons (Fsp3) is 0.167. The minimum Gasteiger partial charge on any atom is -0.467 e. The molecular weight excluding hydrogens is 338 g/mol. The van der Waals surface area contributed by atoms with Gasteiger partial charge in [0.1, 0.15) is 6.04 Å². The van der Waals surface area contributed by atoms with E-state index in [1.807, 2.05) is 6.07 Å². The number of nitro benzene ring substituents is 1. The Kier molecular flexibility index (Phi) is 6.01. The molecule has 0 unspecified atom stereocenters. The molecule has 0 aliphatic rings. The Morgan fingerprint density at radius 2 is 1.88 bits per heavy atom. The topological polar surface area (TPSA) is 122 Å². The van der Waals surface area contributed by atoms with E-state index >= 15 is 0 Å². The van der Waals surface area contributed by atoms with Gasteiger partial charge in [0.05, 0.1) is 23.7 Å². The number of para-hydroxylation sites is 1. The number of methoxy groups -OCH3 is 1. The number of nitrogens with one attached hydrogen (secondary N) is 1. The third-order valence-electron chi connectivity index (χ3n) is 3.68. The first kappa shape index (κ1) is 18.6. The fourth-order valence-electron chi connectivity index (χ4n) is 2.35. The Balaban J connectivity index is 2.22. The average Bonchev–Trinajstić information content (AvgIpc) is 2.67. The summed E-state index contributed by atoms with van der Waals surface area (Å²) in [5.74, 6) is -1.27. The molecule has 0 fully saturated rings. The van der Waals surface area contributed by atoms with Gasteiger partial charge in [-0.25, -0.2) is 4.79 Å². The molecule has 0 saturated carbocycles. The predicted molar refractivity (Wildman–Crippen MR) is 91.2 cm³/mol. The van der Waals surface area contributed by atoms with Crippen molar-refractivity contribution in [1.82, 2.24) is 5.32 Å². The van der Waals surface area contributed by atoms with Crippen molar-refractivity contribution >= 4 is 17.6 Å². The van der Waals surface area contributed by atoms with Crippen molar-refractivity contribution in [3.05, 3.63) is 75.3 Å². The van der Waals surface area contributed by atoms with E-state index in [4.69, 9.17) is 10.00 Å². The Morgan fingerprint density at radius 1 is 1.23 bits per heavy atom. The van der Waals surface area contributed by atoms with Crippen LogP contribution >= 0.6 is 0 Å². The van der Waals surface area contributed by atoms with E-state index in [0.29, 0.717) is 11.1 Å². The minimum absolute atomic E-state index is 0.0914. The maximum absolute atomic E-state index is 12.3. The zero-order chi connectivity index (χ0) is 19.1. The van der Waals surface area contributed by atoms with Crippen molar-refractivity contribution in [1.29, 1.82) is 5.26 Å². The Morgan fingerprint density at radius 3 is 2.46 bits per heavy atom. The quantitative estimate of drug-likeness (QED) is 0.481. The van der Waals surface area contributed by atoms with Crippen LogP contribution in [0.1, 0.15) is 21.5 Å². The Bertz CT molecular complexity index is 871. The van der Waals surface area contributed by atoms with Gasteiger partial charge in [0.25, 0.3) is 11.6 Å². The molecule has 0 spiro atoms. The molecule has 1 atom stereocenters. The van der Waals surface area contributed by atoms with Gasteiger partial charge in [-0.2, -0.15) is 5.26 Å². The summed E-state index contributed by atoms with van der Waals surface area (Å²) in [6.07, 6.45) is -0.0914. The Labute approximate surface area is 149 Å². The lowest BCUT2D eigenvalue weighted by Gasteiger charge is -2.16. The van der Waals surface area contributed by atoms with Crippen LogP contribution in [0.3, 0.4) is 0 Å². The van der Waals surface area contributed by atoms with E-state index in [0.717, 1.165) is 0 Å². The molecule has 0 aromatic heterocycles. The SMILES string of the molecule is COC(=O)[C@H](Cc1ccccc1[N+](=O)[O-])NC(=O)c1ccc(C#N)cc1. The van der Waals surface area contributed by atoms with Crippen LogP contribution in [0.5, 0.6) is 0 Å². The number of amides is 1. The lowest BCUT2D eigenvalue weighted by atomic mass is 10.0. The predicted octanol–water partition coefficient (Wildman–Crippen LogP) is 1.98. The molecule has 1 amide bonds. The maximum atomic E-state index is 12.3. The molecule has 8 nitrogen and oxygen atoms in total. The number of esters is 1. The maximum Gasteiger partial charge on any atom is 0.328 e. The van der Waals surface area contributed by atoms with Gasteiger partial charge in [0, 0.05) is 23.6 Å². The molecule has 8 heteroatoms. The summed E-state index contributed by atoms with van der Waals surface area (Å²) < 4.78 is 4.69. The molecule has 2 rings (SSSR count). The number of nitrogens with zero attached hydrogens (tertiary/aromatic N) is 2. The standard InChI is InChI=1S/C18H15N3O5/c1-26-18(23)15(10-14-4-2-3-5-16(14)21(24)25)20-17(22)13-8-6-12(11-19)7-9-13/h2-9,15H,10H2,1H3,(H,20,22)/t15-/m0/s1. The highest BCUT2D eigenvalue weighted by atomic mass is 16.6. The molecule has 1 N–H and O–H groups in total. The zero-order valence-electron chi connectivity index (χ0n) is 13.8. The lowest BCUT2D eigenvalue weighted by Crippen LogP contribution is -2.43. The highest BCUT2D eigenvalue weighted by molar-refractivity contribution is 5.97. The molecule has 0 bridgehead atoms. The molecule has 2 aromatic rings. The molecule has 132 valence electrons. The molecule has 0 radical (unpaired) electrons. The van der Waals surface area contributed by atoms with Crippen LogP contribution in [0.4, 0.5) is 5.69 Å². The normalized spacial score (nSPS) is 11.1. The second-order valence-electron chi connectivity index (χ2n) is 5.33. The minimum atomic E-state index is -1.09. The summed E-state index contributed by atoms with van der Waals surface area (Å²) in [6.45, 7) is 0. The van der Waals surface area contributed by atoms with Crippen LogP contribution in [0.2, 0.25) is 0 Å². The number of carbonyl (C=O) groups excluding carboxylic acids is 2. The second kappa shape index (κ2) is 8.39. The first-order chi connectivity index (χ1) is 12.5. The van der Waals surface area contributed by atoms with Gasteiger partial charge in [-0.3, -0.25) is 14.9 Å². The van der Waals surface area contributed by atoms with Gasteiger partial charge in [0.2, 0.25) is 0 Å². The van der Waals surface area contributed by atoms with Gasteiger partial charge in [0.15, 0.2) is 0 Å². The fourth-order valence-corrected chi connectivity index (χ4v) is 2.35. The molecule has 0 heterocycles. The molecule has 0 saturated heterocycles. The molecular formula is C18H15N3O5. The number of hydrogen-bond acceptors (Lipinski definition) is 6. The molecule has 0 aliphatic heterocycles. The van der Waals surface area contributed by atoms with E-state index in [-0.39, 0.29) is 17.7 Å². The average molecular weight is 353 g/mol. The van der Waals surface area contributed by atoms with E-state index in [1.54, 1.807) is 6.07 Å². The van der Waals surface area contributed by atoms with Crippen LogP contribution in [-0.2, 0) is 16.0 Å². The number of rotatable bonds is 6. The largest absolute Gasteiger partial charge is 0.467 e. The molecule has 26 heavy (non-hydrogen) atoms. The monoisotopic (exact) mass is 353 g/mol. The van der Waals surface area contributed by atoms with E-state index < -0.39 is 22.8 Å². The van der Waals surface area contributed by atoms with Gasteiger partial charge in [-0.05, 0) is 24.3 Å². The smallest absolute Gasteiger partial charge is 0.328 e. The summed E-state index contributed by atoms with van der Waals surface area (Å²) in [5.41, 5.74) is 0.800. The van der Waals surface area contributed by atoms with Crippen molar-refractivity contribution < 1.29 is 19.2 Å². The van der Waals surface area contributed by atoms with Crippen LogP contribution in [0.15, 0.2) is 48.5 Å². The van der Waals surface area contributed by atoms with Crippen LogP contribution in [0.25, 0.3) is 0 Å². The highest BCUT2D eigenvalue weighted by Crippen LogP contribution is 2.19. The molecule has 0 aliphatic carbocycles. The van der Waals surface area contributed by atoms with Crippen LogP contribution in [-0.4, -0.2) is 30.0 Å². The molecule has 2 aromatic carbocycles. The van der Waals surface area contributed by atoms with Crippen molar-refractivity contribution in [2.75, 3.05) is 7.11 Å². The lowest BCUT2D eigenvalue weighted by molar-refractivity contribution is -0.385. The highest BCUT2D eigenvalue weighted by Gasteiger charge is 2.26. The van der Waals surface area contributed by atoms with Crippen LogP contribution in [0, 0.1) is 21.4 Å². The zero-order valence-corrected chi connectivity index (χ0v) is 13.8. The number of ether oxygens (including phenoxy) is 1. The van der Waals surface area contributed by atoms with E-state index in [2.05, 4.69) is 5.32 Å². The second-order valence-corrected chi connectivity index (χ2v) is 5.33.